The fourth-order valence-corrected chi connectivity index (χ4v) is 3.95. The van der Waals surface area contributed by atoms with Crippen molar-refractivity contribution < 1.29 is 9.53 Å². The highest BCUT2D eigenvalue weighted by Gasteiger charge is 2.20. The third-order valence-corrected chi connectivity index (χ3v) is 5.72. The molecule has 154 valence electrons. The van der Waals surface area contributed by atoms with E-state index in [0.29, 0.717) is 13.1 Å². The fourth-order valence-electron chi connectivity index (χ4n) is 3.61. The third kappa shape index (κ3) is 4.60. The van der Waals surface area contributed by atoms with Crippen molar-refractivity contribution in [3.63, 3.8) is 0 Å². The molecule has 0 radical (unpaired) electrons. The first-order valence-electron chi connectivity index (χ1n) is 9.96. The molecule has 0 bridgehead atoms. The van der Waals surface area contributed by atoms with Crippen molar-refractivity contribution in [2.24, 2.45) is 5.73 Å². The maximum Gasteiger partial charge on any atom is 0.319 e. The summed E-state index contributed by atoms with van der Waals surface area (Å²) in [6.45, 7) is 3.30. The van der Waals surface area contributed by atoms with Gasteiger partial charge in [0.1, 0.15) is 11.5 Å². The van der Waals surface area contributed by atoms with Gasteiger partial charge >= 0.3 is 6.03 Å². The highest BCUT2D eigenvalue weighted by atomic mass is 79.9. The highest BCUT2D eigenvalue weighted by molar-refractivity contribution is 9.10. The lowest BCUT2D eigenvalue weighted by atomic mass is 10.0. The number of benzene rings is 3. The lowest BCUT2D eigenvalue weighted by molar-refractivity contribution is 0.253. The Bertz CT molecular complexity index is 1070. The molecule has 1 aliphatic heterocycles. The molecule has 1 aliphatic rings. The van der Waals surface area contributed by atoms with Crippen LogP contribution in [-0.4, -0.2) is 12.6 Å². The van der Waals surface area contributed by atoms with Crippen LogP contribution in [-0.2, 0) is 13.0 Å². The van der Waals surface area contributed by atoms with E-state index in [2.05, 4.69) is 34.2 Å². The van der Waals surface area contributed by atoms with Crippen molar-refractivity contribution in [3.8, 4) is 11.5 Å². The summed E-state index contributed by atoms with van der Waals surface area (Å²) >= 11 is 3.53. The van der Waals surface area contributed by atoms with Crippen LogP contribution in [0.5, 0.6) is 11.5 Å². The van der Waals surface area contributed by atoms with Gasteiger partial charge in [-0.05, 0) is 61.7 Å². The monoisotopic (exact) mass is 465 g/mol. The van der Waals surface area contributed by atoms with Crippen molar-refractivity contribution in [2.75, 3.05) is 16.8 Å². The first-order chi connectivity index (χ1) is 14.5. The van der Waals surface area contributed by atoms with E-state index < -0.39 is 6.03 Å². The van der Waals surface area contributed by atoms with Gasteiger partial charge in [0.15, 0.2) is 0 Å². The number of rotatable bonds is 5. The summed E-state index contributed by atoms with van der Waals surface area (Å²) in [5.41, 5.74) is 10.8. The van der Waals surface area contributed by atoms with Crippen LogP contribution in [0.15, 0.2) is 65.1 Å². The zero-order valence-electron chi connectivity index (χ0n) is 16.8. The van der Waals surface area contributed by atoms with Crippen molar-refractivity contribution in [3.05, 3.63) is 81.8 Å². The minimum atomic E-state index is -0.408. The van der Waals surface area contributed by atoms with Gasteiger partial charge in [0, 0.05) is 28.8 Å². The average molecular weight is 466 g/mol. The van der Waals surface area contributed by atoms with Gasteiger partial charge in [0.2, 0.25) is 0 Å². The third-order valence-electron chi connectivity index (χ3n) is 5.23. The smallest absolute Gasteiger partial charge is 0.319 e. The summed E-state index contributed by atoms with van der Waals surface area (Å²) in [6.07, 6.45) is 1.89. The molecule has 0 saturated carbocycles. The van der Waals surface area contributed by atoms with Gasteiger partial charge in [-0.3, -0.25) is 4.90 Å². The number of urea groups is 1. The molecule has 0 aliphatic carbocycles. The second kappa shape index (κ2) is 8.79. The Morgan fingerprint density at radius 1 is 1.13 bits per heavy atom. The largest absolute Gasteiger partial charge is 0.457 e. The van der Waals surface area contributed by atoms with Crippen LogP contribution in [0.1, 0.15) is 23.1 Å². The van der Waals surface area contributed by atoms with Crippen molar-refractivity contribution in [2.45, 2.75) is 26.3 Å². The molecule has 4 rings (SSSR count). The summed E-state index contributed by atoms with van der Waals surface area (Å²) in [5, 5.41) is 3.45. The predicted octanol–water partition coefficient (Wildman–Crippen LogP) is 5.99. The molecular weight excluding hydrogens is 442 g/mol. The number of hydrogen-bond donors (Lipinski definition) is 2. The molecule has 6 heteroatoms. The maximum atomic E-state index is 11.8. The van der Waals surface area contributed by atoms with Crippen molar-refractivity contribution in [1.82, 2.24) is 0 Å². The molecule has 1 heterocycles. The number of primary amides is 1. The quantitative estimate of drug-likeness (QED) is 0.485. The molecule has 0 saturated heterocycles. The summed E-state index contributed by atoms with van der Waals surface area (Å²) in [6, 6.07) is 19.7. The molecule has 3 aromatic carbocycles. The van der Waals surface area contributed by atoms with E-state index in [-0.39, 0.29) is 0 Å². The normalized spacial score (nSPS) is 12.9. The van der Waals surface area contributed by atoms with Crippen LogP contribution in [0.4, 0.5) is 16.2 Å². The topological polar surface area (TPSA) is 67.6 Å². The molecule has 3 N–H and O–H groups in total. The summed E-state index contributed by atoms with van der Waals surface area (Å²) in [5.74, 6) is 1.59. The zero-order valence-corrected chi connectivity index (χ0v) is 18.4. The number of nitrogens with two attached hydrogens (primary N) is 1. The Hall–Kier alpha value is -2.99. The number of carbonyl (C=O) groups is 1. The Balaban J connectivity index is 1.53. The van der Waals surface area contributed by atoms with E-state index in [4.69, 9.17) is 10.5 Å². The van der Waals surface area contributed by atoms with Gasteiger partial charge in [-0.2, -0.15) is 0 Å². The minimum Gasteiger partial charge on any atom is -0.457 e. The number of ether oxygens (including phenoxy) is 1. The molecule has 2 amide bonds. The number of hydrogen-bond acceptors (Lipinski definition) is 3. The number of carbonyl (C=O) groups excluding carboxylic acids is 1. The van der Waals surface area contributed by atoms with E-state index in [9.17, 15) is 4.79 Å². The Kier molecular flexibility index (Phi) is 5.95. The van der Waals surface area contributed by atoms with Crippen LogP contribution in [0.2, 0.25) is 0 Å². The Labute approximate surface area is 185 Å². The van der Waals surface area contributed by atoms with E-state index in [1.54, 1.807) is 4.90 Å². The molecule has 0 fully saturated rings. The SMILES string of the molecule is Cc1ccc(Oc2cc(Br)ccc2CNc2ccc3c(c2)N(C(N)=O)CCC3)cc1. The predicted molar refractivity (Wildman–Crippen MR) is 124 cm³/mol. The molecule has 0 atom stereocenters. The van der Waals surface area contributed by atoms with Crippen LogP contribution in [0, 0.1) is 6.92 Å². The van der Waals surface area contributed by atoms with Gasteiger partial charge in [0.05, 0.1) is 5.69 Å². The number of fused-ring (bicyclic) bond motifs is 1. The first kappa shape index (κ1) is 20.3. The van der Waals surface area contributed by atoms with Gasteiger partial charge < -0.3 is 15.8 Å². The highest BCUT2D eigenvalue weighted by Crippen LogP contribution is 2.32. The Morgan fingerprint density at radius 3 is 2.70 bits per heavy atom. The van der Waals surface area contributed by atoms with Gasteiger partial charge in [0.25, 0.3) is 0 Å². The first-order valence-corrected chi connectivity index (χ1v) is 10.8. The number of nitrogens with one attached hydrogen (secondary N) is 1. The molecule has 3 aromatic rings. The van der Waals surface area contributed by atoms with Crippen molar-refractivity contribution in [1.29, 1.82) is 0 Å². The maximum absolute atomic E-state index is 11.8. The van der Waals surface area contributed by atoms with E-state index in [0.717, 1.165) is 51.3 Å². The van der Waals surface area contributed by atoms with Gasteiger partial charge in [-0.1, -0.05) is 45.8 Å². The molecule has 0 aromatic heterocycles. The van der Waals surface area contributed by atoms with E-state index in [1.807, 2.05) is 54.6 Å². The van der Waals surface area contributed by atoms with Crippen LogP contribution in [0.25, 0.3) is 0 Å². The lowest BCUT2D eigenvalue weighted by Gasteiger charge is -2.28. The number of aryl methyl sites for hydroxylation is 2. The lowest BCUT2D eigenvalue weighted by Crippen LogP contribution is -2.39. The van der Waals surface area contributed by atoms with Crippen LogP contribution >= 0.6 is 15.9 Å². The molecule has 0 unspecified atom stereocenters. The number of halogens is 1. The van der Waals surface area contributed by atoms with Crippen molar-refractivity contribution >= 4 is 33.3 Å². The zero-order chi connectivity index (χ0) is 21.1. The number of anilines is 2. The summed E-state index contributed by atoms with van der Waals surface area (Å²) < 4.78 is 7.09. The number of amides is 2. The average Bonchev–Trinajstić information content (AvgIpc) is 2.74. The second-order valence-corrected chi connectivity index (χ2v) is 8.37. The molecule has 5 nitrogen and oxygen atoms in total. The van der Waals surface area contributed by atoms with Gasteiger partial charge in [-0.25, -0.2) is 4.79 Å². The summed E-state index contributed by atoms with van der Waals surface area (Å²) in [4.78, 5) is 13.4. The second-order valence-electron chi connectivity index (χ2n) is 7.46. The molecule has 0 spiro atoms. The fraction of sp³-hybridized carbons (Fsp3) is 0.208. The number of nitrogens with zero attached hydrogens (tertiary/aromatic N) is 1. The van der Waals surface area contributed by atoms with Crippen LogP contribution in [0.3, 0.4) is 0 Å². The van der Waals surface area contributed by atoms with E-state index in [1.165, 1.54) is 5.56 Å². The molecule has 30 heavy (non-hydrogen) atoms. The van der Waals surface area contributed by atoms with Crippen LogP contribution < -0.4 is 20.7 Å². The Morgan fingerprint density at radius 2 is 1.93 bits per heavy atom. The standard InChI is InChI=1S/C24H24BrN3O2/c1-16-4-10-21(11-5-16)30-23-13-19(25)8-6-18(23)15-27-20-9-7-17-3-2-12-28(24(26)29)22(17)14-20/h4-11,13-14,27H,2-3,12,15H2,1H3,(H2,26,29). The molecular formula is C24H24BrN3O2. The summed E-state index contributed by atoms with van der Waals surface area (Å²) in [7, 11) is 0. The van der Waals surface area contributed by atoms with E-state index >= 15 is 0 Å². The minimum absolute atomic E-state index is 0.408. The van der Waals surface area contributed by atoms with Gasteiger partial charge in [-0.15, -0.1) is 0 Å².